The Hall–Kier alpha value is -0.920. The fourth-order valence-corrected chi connectivity index (χ4v) is 3.81. The molecule has 124 valence electrons. The molecule has 22 heavy (non-hydrogen) atoms. The third-order valence-corrected chi connectivity index (χ3v) is 5.64. The van der Waals surface area contributed by atoms with Crippen LogP contribution in [-0.2, 0) is 19.6 Å². The third-order valence-electron chi connectivity index (χ3n) is 2.95. The van der Waals surface area contributed by atoms with Crippen molar-refractivity contribution in [2.75, 3.05) is 19.7 Å². The standard InChI is InChI=1S/C15H22BrNO4S/c1-5-21-15(18)10-17(9-11(2)3)22(19,20)13-6-7-14(16)12(4)8-13/h6-8,11H,5,9-10H2,1-4H3. The maximum Gasteiger partial charge on any atom is 0.321 e. The van der Waals surface area contributed by atoms with Crippen LogP contribution in [0.25, 0.3) is 0 Å². The second-order valence-corrected chi connectivity index (χ2v) is 8.20. The molecule has 0 atom stereocenters. The molecule has 1 aromatic rings. The molecule has 0 unspecified atom stereocenters. The molecule has 0 fully saturated rings. The Bertz CT molecular complexity index is 628. The molecule has 0 bridgehead atoms. The minimum atomic E-state index is -3.74. The number of sulfonamides is 1. The third kappa shape index (κ3) is 5.07. The first-order valence-corrected chi connectivity index (χ1v) is 9.33. The number of rotatable bonds is 7. The summed E-state index contributed by atoms with van der Waals surface area (Å²) in [5.74, 6) is -0.443. The van der Waals surface area contributed by atoms with Gasteiger partial charge in [0.1, 0.15) is 6.54 Å². The van der Waals surface area contributed by atoms with Crippen molar-refractivity contribution in [1.29, 1.82) is 0 Å². The molecule has 0 aliphatic rings. The van der Waals surface area contributed by atoms with E-state index in [1.165, 1.54) is 10.4 Å². The van der Waals surface area contributed by atoms with Crippen molar-refractivity contribution >= 4 is 31.9 Å². The van der Waals surface area contributed by atoms with E-state index in [4.69, 9.17) is 4.74 Å². The van der Waals surface area contributed by atoms with E-state index in [0.29, 0.717) is 0 Å². The lowest BCUT2D eigenvalue weighted by atomic mass is 10.2. The molecule has 0 radical (unpaired) electrons. The van der Waals surface area contributed by atoms with Crippen LogP contribution in [0.3, 0.4) is 0 Å². The summed E-state index contributed by atoms with van der Waals surface area (Å²) < 4.78 is 32.4. The molecule has 0 aliphatic carbocycles. The van der Waals surface area contributed by atoms with Gasteiger partial charge in [-0.2, -0.15) is 4.31 Å². The van der Waals surface area contributed by atoms with Crippen molar-refractivity contribution in [3.05, 3.63) is 28.2 Å². The van der Waals surface area contributed by atoms with Gasteiger partial charge in [-0.25, -0.2) is 8.42 Å². The molecule has 0 aromatic heterocycles. The van der Waals surface area contributed by atoms with Crippen molar-refractivity contribution in [2.45, 2.75) is 32.6 Å². The van der Waals surface area contributed by atoms with E-state index in [0.717, 1.165) is 10.0 Å². The molecule has 0 saturated carbocycles. The second-order valence-electron chi connectivity index (χ2n) is 5.41. The van der Waals surface area contributed by atoms with Crippen LogP contribution in [-0.4, -0.2) is 38.4 Å². The molecule has 0 spiro atoms. The molecule has 0 heterocycles. The maximum absolute atomic E-state index is 12.8. The van der Waals surface area contributed by atoms with Gasteiger partial charge in [-0.15, -0.1) is 0 Å². The number of nitrogens with zero attached hydrogens (tertiary/aromatic N) is 1. The van der Waals surface area contributed by atoms with Crippen LogP contribution >= 0.6 is 15.9 Å². The Morgan fingerprint density at radius 3 is 2.50 bits per heavy atom. The monoisotopic (exact) mass is 391 g/mol. The van der Waals surface area contributed by atoms with Gasteiger partial charge in [0.2, 0.25) is 10.0 Å². The number of benzene rings is 1. The zero-order valence-electron chi connectivity index (χ0n) is 13.3. The van der Waals surface area contributed by atoms with Crippen molar-refractivity contribution in [1.82, 2.24) is 4.31 Å². The van der Waals surface area contributed by atoms with Crippen molar-refractivity contribution in [3.63, 3.8) is 0 Å². The maximum atomic E-state index is 12.8. The minimum absolute atomic E-state index is 0.0979. The molecule has 7 heteroatoms. The lowest BCUT2D eigenvalue weighted by molar-refractivity contribution is -0.143. The molecular formula is C15H22BrNO4S. The minimum Gasteiger partial charge on any atom is -0.465 e. The highest BCUT2D eigenvalue weighted by Gasteiger charge is 2.28. The van der Waals surface area contributed by atoms with Crippen LogP contribution in [0.2, 0.25) is 0 Å². The van der Waals surface area contributed by atoms with Crippen LogP contribution in [0.1, 0.15) is 26.3 Å². The van der Waals surface area contributed by atoms with Gasteiger partial charge in [0, 0.05) is 11.0 Å². The summed E-state index contributed by atoms with van der Waals surface area (Å²) in [5.41, 5.74) is 0.821. The van der Waals surface area contributed by atoms with Crippen LogP contribution in [0.4, 0.5) is 0 Å². The number of aryl methyl sites for hydroxylation is 1. The second kappa shape index (κ2) is 8.08. The fourth-order valence-electron chi connectivity index (χ4n) is 1.93. The van der Waals surface area contributed by atoms with Gasteiger partial charge in [-0.05, 0) is 43.5 Å². The SMILES string of the molecule is CCOC(=O)CN(CC(C)C)S(=O)(=O)c1ccc(Br)c(C)c1. The van der Waals surface area contributed by atoms with Crippen LogP contribution < -0.4 is 0 Å². The number of carbonyl (C=O) groups is 1. The van der Waals surface area contributed by atoms with Gasteiger partial charge in [0.25, 0.3) is 0 Å². The molecule has 1 aromatic carbocycles. The first kappa shape index (κ1) is 19.1. The fraction of sp³-hybridized carbons (Fsp3) is 0.533. The summed E-state index contributed by atoms with van der Waals surface area (Å²) >= 11 is 3.35. The van der Waals surface area contributed by atoms with Crippen molar-refractivity contribution in [3.8, 4) is 0 Å². The molecular weight excluding hydrogens is 370 g/mol. The van der Waals surface area contributed by atoms with Gasteiger partial charge >= 0.3 is 5.97 Å². The highest BCUT2D eigenvalue weighted by atomic mass is 79.9. The van der Waals surface area contributed by atoms with E-state index in [2.05, 4.69) is 15.9 Å². The topological polar surface area (TPSA) is 63.7 Å². The summed E-state index contributed by atoms with van der Waals surface area (Å²) in [6.07, 6.45) is 0. The largest absolute Gasteiger partial charge is 0.465 e. The van der Waals surface area contributed by atoms with Gasteiger partial charge in [0.15, 0.2) is 0 Å². The van der Waals surface area contributed by atoms with Crippen molar-refractivity contribution in [2.24, 2.45) is 5.92 Å². The average molecular weight is 392 g/mol. The zero-order valence-corrected chi connectivity index (χ0v) is 15.7. The quantitative estimate of drug-likeness (QED) is 0.670. The summed E-state index contributed by atoms with van der Waals surface area (Å²) in [6.45, 7) is 7.53. The predicted molar refractivity (Wildman–Crippen MR) is 89.1 cm³/mol. The Morgan fingerprint density at radius 1 is 1.36 bits per heavy atom. The summed E-state index contributed by atoms with van der Waals surface area (Å²) in [7, 11) is -3.74. The lowest BCUT2D eigenvalue weighted by Gasteiger charge is -2.23. The van der Waals surface area contributed by atoms with E-state index >= 15 is 0 Å². The van der Waals surface area contributed by atoms with Gasteiger partial charge < -0.3 is 4.74 Å². The zero-order chi connectivity index (χ0) is 16.9. The number of hydrogen-bond acceptors (Lipinski definition) is 4. The molecule has 5 nitrogen and oxygen atoms in total. The van der Waals surface area contributed by atoms with Gasteiger partial charge in [-0.3, -0.25) is 4.79 Å². The van der Waals surface area contributed by atoms with E-state index < -0.39 is 16.0 Å². The Kier molecular flexibility index (Phi) is 7.02. The smallest absolute Gasteiger partial charge is 0.321 e. The van der Waals surface area contributed by atoms with E-state index in [-0.39, 0.29) is 30.5 Å². The van der Waals surface area contributed by atoms with Crippen LogP contribution in [0, 0.1) is 12.8 Å². The van der Waals surface area contributed by atoms with Gasteiger partial charge in [-0.1, -0.05) is 29.8 Å². The molecule has 0 amide bonds. The predicted octanol–water partition coefficient (Wildman–Crippen LogP) is 2.97. The first-order valence-electron chi connectivity index (χ1n) is 7.10. The first-order chi connectivity index (χ1) is 10.2. The number of hydrogen-bond donors (Lipinski definition) is 0. The van der Waals surface area contributed by atoms with Crippen LogP contribution in [0.5, 0.6) is 0 Å². The summed E-state index contributed by atoms with van der Waals surface area (Å²) in [6, 6.07) is 4.82. The highest BCUT2D eigenvalue weighted by Crippen LogP contribution is 2.23. The summed E-state index contributed by atoms with van der Waals surface area (Å²) in [4.78, 5) is 11.9. The number of carbonyl (C=O) groups excluding carboxylic acids is 1. The lowest BCUT2D eigenvalue weighted by Crippen LogP contribution is -2.38. The highest BCUT2D eigenvalue weighted by molar-refractivity contribution is 9.10. The van der Waals surface area contributed by atoms with Crippen LogP contribution in [0.15, 0.2) is 27.6 Å². The van der Waals surface area contributed by atoms with E-state index in [9.17, 15) is 13.2 Å². The molecule has 0 saturated heterocycles. The molecule has 1 rings (SSSR count). The average Bonchev–Trinajstić information content (AvgIpc) is 2.40. The number of ether oxygens (including phenoxy) is 1. The number of halogens is 1. The van der Waals surface area contributed by atoms with E-state index in [1.54, 1.807) is 19.1 Å². The Balaban J connectivity index is 3.14. The van der Waals surface area contributed by atoms with E-state index in [1.807, 2.05) is 20.8 Å². The Morgan fingerprint density at radius 2 is 2.00 bits per heavy atom. The Labute approximate surface area is 140 Å². The summed E-state index contributed by atoms with van der Waals surface area (Å²) in [5, 5.41) is 0. The van der Waals surface area contributed by atoms with Crippen molar-refractivity contribution < 1.29 is 17.9 Å². The number of esters is 1. The van der Waals surface area contributed by atoms with Gasteiger partial charge in [0.05, 0.1) is 11.5 Å². The normalized spacial score (nSPS) is 12.0. The molecule has 0 aliphatic heterocycles. The molecule has 0 N–H and O–H groups in total.